The molecule has 2 aliphatic rings. The number of nitrogens with zero attached hydrogens (tertiary/aromatic N) is 2. The molecule has 8 heteroatoms. The summed E-state index contributed by atoms with van der Waals surface area (Å²) in [4.78, 5) is 30.4. The Bertz CT molecular complexity index is 1170. The summed E-state index contributed by atoms with van der Waals surface area (Å²) in [6.07, 6.45) is 5.03. The Hall–Kier alpha value is -3.78. The van der Waals surface area contributed by atoms with Gasteiger partial charge in [-0.1, -0.05) is 12.1 Å². The van der Waals surface area contributed by atoms with Gasteiger partial charge in [0.2, 0.25) is 5.78 Å². The Morgan fingerprint density at radius 1 is 1.09 bits per heavy atom. The van der Waals surface area contributed by atoms with Crippen molar-refractivity contribution in [2.75, 3.05) is 26.7 Å². The van der Waals surface area contributed by atoms with E-state index in [2.05, 4.69) is 4.90 Å². The molecule has 2 aromatic heterocycles. The van der Waals surface area contributed by atoms with Gasteiger partial charge in [-0.2, -0.15) is 0 Å². The van der Waals surface area contributed by atoms with Gasteiger partial charge < -0.3 is 23.6 Å². The number of carbonyl (C=O) groups excluding carboxylic acids is 2. The van der Waals surface area contributed by atoms with Crippen molar-refractivity contribution < 1.29 is 28.3 Å². The number of aliphatic hydroxyl groups is 1. The number of likely N-dealkylation sites (tertiary alicyclic amines) is 1. The number of ether oxygens (including phenoxy) is 1. The number of Topliss-reactive ketones (excluding diaryl/α,β-unsaturated/α-hetero) is 1. The molecule has 0 saturated carbocycles. The maximum atomic E-state index is 13.3. The van der Waals surface area contributed by atoms with Gasteiger partial charge in [0.1, 0.15) is 17.6 Å². The van der Waals surface area contributed by atoms with E-state index in [1.165, 1.54) is 23.5 Å². The van der Waals surface area contributed by atoms with Crippen LogP contribution in [0.4, 0.5) is 0 Å². The standard InChI is InChI=1S/C26H26N2O6/c1-32-18-10-8-17(9-11-18)19(27-12-2-3-13-27)16-28-23(20-6-4-14-33-20)22(25(30)26(28)31)24(29)21-7-5-15-34-21/h4-11,14-15,19,23,30H,2-3,12-13,16H2,1H3. The Morgan fingerprint density at radius 3 is 2.41 bits per heavy atom. The summed E-state index contributed by atoms with van der Waals surface area (Å²) < 4.78 is 16.2. The normalized spacial score (nSPS) is 19.7. The third-order valence-electron chi connectivity index (χ3n) is 6.56. The molecular formula is C26H26N2O6. The van der Waals surface area contributed by atoms with Crippen molar-refractivity contribution in [3.63, 3.8) is 0 Å². The minimum atomic E-state index is -0.858. The minimum Gasteiger partial charge on any atom is -0.503 e. The third-order valence-corrected chi connectivity index (χ3v) is 6.56. The van der Waals surface area contributed by atoms with E-state index in [-0.39, 0.29) is 23.9 Å². The number of amides is 1. The predicted octanol–water partition coefficient (Wildman–Crippen LogP) is 4.30. The molecule has 3 aromatic rings. The largest absolute Gasteiger partial charge is 0.503 e. The number of hydrogen-bond donors (Lipinski definition) is 1. The summed E-state index contributed by atoms with van der Waals surface area (Å²) in [5, 5.41) is 10.8. The fourth-order valence-electron chi connectivity index (χ4n) is 4.85. The number of benzene rings is 1. The average molecular weight is 463 g/mol. The van der Waals surface area contributed by atoms with Gasteiger partial charge in [-0.3, -0.25) is 14.5 Å². The van der Waals surface area contributed by atoms with Crippen molar-refractivity contribution in [2.45, 2.75) is 24.9 Å². The van der Waals surface area contributed by atoms with E-state index in [4.69, 9.17) is 13.6 Å². The van der Waals surface area contributed by atoms with E-state index in [0.717, 1.165) is 37.2 Å². The van der Waals surface area contributed by atoms with E-state index in [1.54, 1.807) is 25.3 Å². The number of carbonyl (C=O) groups is 2. The zero-order valence-corrected chi connectivity index (χ0v) is 18.8. The summed E-state index contributed by atoms with van der Waals surface area (Å²) in [5.74, 6) is -0.505. The molecule has 1 N–H and O–H groups in total. The molecule has 0 radical (unpaired) electrons. The molecule has 0 spiro atoms. The van der Waals surface area contributed by atoms with E-state index >= 15 is 0 Å². The SMILES string of the molecule is COc1ccc(C(CN2C(=O)C(O)=C(C(=O)c3ccco3)C2c2ccco2)N2CCCC2)cc1. The van der Waals surface area contributed by atoms with E-state index in [1.807, 2.05) is 24.3 Å². The second kappa shape index (κ2) is 9.23. The first kappa shape index (κ1) is 22.0. The van der Waals surface area contributed by atoms with Crippen molar-refractivity contribution in [1.29, 1.82) is 0 Å². The van der Waals surface area contributed by atoms with E-state index < -0.39 is 23.5 Å². The summed E-state index contributed by atoms with van der Waals surface area (Å²) in [6.45, 7) is 2.08. The molecule has 2 aliphatic heterocycles. The lowest BCUT2D eigenvalue weighted by molar-refractivity contribution is -0.130. The van der Waals surface area contributed by atoms with Crippen molar-refractivity contribution in [1.82, 2.24) is 9.80 Å². The Kier molecular flexibility index (Phi) is 5.98. The highest BCUT2D eigenvalue weighted by molar-refractivity contribution is 6.14. The minimum absolute atomic E-state index is 0.0372. The lowest BCUT2D eigenvalue weighted by Crippen LogP contribution is -2.40. The maximum absolute atomic E-state index is 13.3. The molecule has 8 nitrogen and oxygen atoms in total. The van der Waals surface area contributed by atoms with Crippen LogP contribution in [0.25, 0.3) is 0 Å². The van der Waals surface area contributed by atoms with Crippen molar-refractivity contribution >= 4 is 11.7 Å². The van der Waals surface area contributed by atoms with Gasteiger partial charge in [-0.05, 0) is 67.9 Å². The van der Waals surface area contributed by atoms with Crippen LogP contribution in [0.2, 0.25) is 0 Å². The van der Waals surface area contributed by atoms with Crippen LogP contribution in [0.5, 0.6) is 5.75 Å². The Balaban J connectivity index is 1.52. The lowest BCUT2D eigenvalue weighted by atomic mass is 9.98. The first-order chi connectivity index (χ1) is 16.6. The van der Waals surface area contributed by atoms with Gasteiger partial charge in [0, 0.05) is 6.54 Å². The maximum Gasteiger partial charge on any atom is 0.290 e. The van der Waals surface area contributed by atoms with Crippen LogP contribution in [0, 0.1) is 0 Å². The fraction of sp³-hybridized carbons (Fsp3) is 0.308. The highest BCUT2D eigenvalue weighted by Crippen LogP contribution is 2.41. The number of methoxy groups -OCH3 is 1. The van der Waals surface area contributed by atoms with Gasteiger partial charge in [0.15, 0.2) is 11.5 Å². The second-order valence-corrected chi connectivity index (χ2v) is 8.48. The summed E-state index contributed by atoms with van der Waals surface area (Å²) in [5.41, 5.74) is 0.990. The van der Waals surface area contributed by atoms with E-state index in [9.17, 15) is 14.7 Å². The van der Waals surface area contributed by atoms with Gasteiger partial charge >= 0.3 is 0 Å². The van der Waals surface area contributed by atoms with Crippen LogP contribution in [-0.2, 0) is 4.79 Å². The molecule has 5 rings (SSSR count). The molecule has 176 valence electrons. The van der Waals surface area contributed by atoms with Crippen molar-refractivity contribution in [3.05, 3.63) is 89.5 Å². The monoisotopic (exact) mass is 462 g/mol. The van der Waals surface area contributed by atoms with Crippen molar-refractivity contribution in [2.24, 2.45) is 0 Å². The summed E-state index contributed by atoms with van der Waals surface area (Å²) in [7, 11) is 1.62. The first-order valence-electron chi connectivity index (χ1n) is 11.3. The lowest BCUT2D eigenvalue weighted by Gasteiger charge is -2.34. The fourth-order valence-corrected chi connectivity index (χ4v) is 4.85. The molecule has 0 bridgehead atoms. The quantitative estimate of drug-likeness (QED) is 0.499. The van der Waals surface area contributed by atoms with Crippen LogP contribution >= 0.6 is 0 Å². The number of furan rings is 2. The molecule has 2 unspecified atom stereocenters. The molecule has 2 atom stereocenters. The van der Waals surface area contributed by atoms with Gasteiger partial charge in [-0.25, -0.2) is 0 Å². The highest BCUT2D eigenvalue weighted by Gasteiger charge is 2.47. The molecule has 0 aliphatic carbocycles. The van der Waals surface area contributed by atoms with Crippen LogP contribution in [0.3, 0.4) is 0 Å². The molecule has 34 heavy (non-hydrogen) atoms. The number of aliphatic hydroxyl groups excluding tert-OH is 1. The molecule has 1 amide bonds. The van der Waals surface area contributed by atoms with Gasteiger partial charge in [0.25, 0.3) is 5.91 Å². The Labute approximate surface area is 197 Å². The number of rotatable bonds is 8. The second-order valence-electron chi connectivity index (χ2n) is 8.48. The third kappa shape index (κ3) is 3.90. The Morgan fingerprint density at radius 2 is 1.79 bits per heavy atom. The number of hydrogen-bond acceptors (Lipinski definition) is 7. The molecular weight excluding hydrogens is 436 g/mol. The van der Waals surface area contributed by atoms with Crippen LogP contribution in [-0.4, -0.2) is 53.3 Å². The van der Waals surface area contributed by atoms with E-state index in [0.29, 0.717) is 5.76 Å². The molecule has 1 aromatic carbocycles. The zero-order chi connectivity index (χ0) is 23.7. The topological polar surface area (TPSA) is 96.4 Å². The smallest absolute Gasteiger partial charge is 0.290 e. The number of ketones is 1. The van der Waals surface area contributed by atoms with Crippen LogP contribution in [0.1, 0.15) is 46.8 Å². The molecule has 4 heterocycles. The highest BCUT2D eigenvalue weighted by atomic mass is 16.5. The van der Waals surface area contributed by atoms with Crippen LogP contribution in [0.15, 0.2) is 81.2 Å². The summed E-state index contributed by atoms with van der Waals surface area (Å²) in [6, 6.07) is 13.3. The van der Waals surface area contributed by atoms with Gasteiger partial charge in [-0.15, -0.1) is 0 Å². The molecule has 1 saturated heterocycles. The first-order valence-corrected chi connectivity index (χ1v) is 11.3. The zero-order valence-electron chi connectivity index (χ0n) is 18.8. The predicted molar refractivity (Wildman–Crippen MR) is 122 cm³/mol. The summed E-state index contributed by atoms with van der Waals surface area (Å²) >= 11 is 0. The van der Waals surface area contributed by atoms with Crippen molar-refractivity contribution in [3.8, 4) is 5.75 Å². The van der Waals surface area contributed by atoms with Crippen LogP contribution < -0.4 is 4.74 Å². The molecule has 1 fully saturated rings. The van der Waals surface area contributed by atoms with Gasteiger partial charge in [0.05, 0.1) is 31.3 Å². The average Bonchev–Trinajstić information content (AvgIpc) is 3.67.